The monoisotopic (exact) mass is 378 g/mol. The van der Waals surface area contributed by atoms with Crippen LogP contribution >= 0.6 is 0 Å². The van der Waals surface area contributed by atoms with Crippen molar-refractivity contribution >= 4 is 5.78 Å². The summed E-state index contributed by atoms with van der Waals surface area (Å²) in [5, 5.41) is 0. The lowest BCUT2D eigenvalue weighted by molar-refractivity contribution is -0.886. The number of hydrogen-bond acceptors (Lipinski definition) is 3. The summed E-state index contributed by atoms with van der Waals surface area (Å²) in [5.74, 6) is 1.45. The number of quaternary nitrogens is 1. The van der Waals surface area contributed by atoms with Crippen molar-refractivity contribution in [1.29, 1.82) is 0 Å². The number of nitrogens with zero attached hydrogens (tertiary/aromatic N) is 1. The molecule has 0 spiro atoms. The maximum absolute atomic E-state index is 13.2. The molecule has 0 fully saturated rings. The predicted octanol–water partition coefficient (Wildman–Crippen LogP) is 5.49. The second kappa shape index (κ2) is 12.0. The SMILES string of the molecule is CCCCCCCCCC[C@H](C(=O)c1ccc(OC)c(OC)c1)[N+](C)(C)C. The van der Waals surface area contributed by atoms with E-state index >= 15 is 0 Å². The van der Waals surface area contributed by atoms with Gasteiger partial charge in [0, 0.05) is 12.0 Å². The standard InChI is InChI=1S/C23H40NO3/c1-7-8-9-10-11-12-13-14-15-20(24(2,3)4)23(25)19-16-17-21(26-5)22(18-19)27-6/h16-18,20H,7-15H2,1-6H3/q+1/t20-/m1/s1. The number of ketones is 1. The van der Waals surface area contributed by atoms with E-state index < -0.39 is 0 Å². The van der Waals surface area contributed by atoms with E-state index in [0.29, 0.717) is 21.5 Å². The fourth-order valence-corrected chi connectivity index (χ4v) is 3.52. The zero-order valence-corrected chi connectivity index (χ0v) is 18.3. The van der Waals surface area contributed by atoms with Crippen LogP contribution < -0.4 is 9.47 Å². The average Bonchev–Trinajstić information content (AvgIpc) is 2.64. The van der Waals surface area contributed by atoms with E-state index in [4.69, 9.17) is 9.47 Å². The maximum Gasteiger partial charge on any atom is 0.220 e. The van der Waals surface area contributed by atoms with E-state index in [1.807, 2.05) is 12.1 Å². The molecule has 0 bridgehead atoms. The Morgan fingerprint density at radius 3 is 1.96 bits per heavy atom. The van der Waals surface area contributed by atoms with Gasteiger partial charge < -0.3 is 14.0 Å². The van der Waals surface area contributed by atoms with Crippen molar-refractivity contribution in [2.45, 2.75) is 70.8 Å². The van der Waals surface area contributed by atoms with Crippen molar-refractivity contribution in [3.8, 4) is 11.5 Å². The average molecular weight is 379 g/mol. The Morgan fingerprint density at radius 2 is 1.44 bits per heavy atom. The predicted molar refractivity (Wildman–Crippen MR) is 113 cm³/mol. The first-order valence-electron chi connectivity index (χ1n) is 10.4. The van der Waals surface area contributed by atoms with Crippen molar-refractivity contribution < 1.29 is 18.8 Å². The molecule has 0 aliphatic carbocycles. The van der Waals surface area contributed by atoms with E-state index in [-0.39, 0.29) is 11.8 Å². The number of hydrogen-bond donors (Lipinski definition) is 0. The second-order valence-corrected chi connectivity index (χ2v) is 8.33. The molecule has 1 atom stereocenters. The lowest BCUT2D eigenvalue weighted by Crippen LogP contribution is -2.49. The Hall–Kier alpha value is -1.55. The molecule has 0 saturated carbocycles. The number of rotatable bonds is 14. The minimum absolute atomic E-state index is 0.0387. The first-order valence-corrected chi connectivity index (χ1v) is 10.4. The molecule has 1 aromatic rings. The Kier molecular flexibility index (Phi) is 10.5. The van der Waals surface area contributed by atoms with Crippen molar-refractivity contribution in [3.63, 3.8) is 0 Å². The minimum atomic E-state index is -0.0387. The van der Waals surface area contributed by atoms with Crippen LogP contribution in [0.1, 0.15) is 75.1 Å². The summed E-state index contributed by atoms with van der Waals surface area (Å²) in [4.78, 5) is 13.2. The third-order valence-corrected chi connectivity index (χ3v) is 5.24. The van der Waals surface area contributed by atoms with Gasteiger partial charge in [0.2, 0.25) is 5.78 Å². The molecular formula is C23H40NO3+. The van der Waals surface area contributed by atoms with Gasteiger partial charge in [-0.2, -0.15) is 0 Å². The highest BCUT2D eigenvalue weighted by molar-refractivity contribution is 6.00. The number of Topliss-reactive ketones (excluding diaryl/α,β-unsaturated/α-hetero) is 1. The van der Waals surface area contributed by atoms with E-state index in [9.17, 15) is 4.79 Å². The van der Waals surface area contributed by atoms with Crippen LogP contribution in [0.2, 0.25) is 0 Å². The van der Waals surface area contributed by atoms with Crippen molar-refractivity contribution in [2.24, 2.45) is 0 Å². The van der Waals surface area contributed by atoms with Crippen LogP contribution in [0.25, 0.3) is 0 Å². The Morgan fingerprint density at radius 1 is 0.889 bits per heavy atom. The molecule has 1 aromatic carbocycles. The molecule has 4 heteroatoms. The fourth-order valence-electron chi connectivity index (χ4n) is 3.52. The third kappa shape index (κ3) is 7.92. The summed E-state index contributed by atoms with van der Waals surface area (Å²) in [7, 11) is 9.52. The molecule has 1 rings (SSSR count). The van der Waals surface area contributed by atoms with E-state index in [0.717, 1.165) is 12.8 Å². The number of ether oxygens (including phenoxy) is 2. The summed E-state index contributed by atoms with van der Waals surface area (Å²) in [6.45, 7) is 2.25. The van der Waals surface area contributed by atoms with Crippen LogP contribution in [0.4, 0.5) is 0 Å². The van der Waals surface area contributed by atoms with Crippen LogP contribution in [-0.4, -0.2) is 51.7 Å². The first kappa shape index (κ1) is 23.5. The molecule has 0 aliphatic rings. The van der Waals surface area contributed by atoms with Gasteiger partial charge in [-0.25, -0.2) is 0 Å². The van der Waals surface area contributed by atoms with Gasteiger partial charge in [0.05, 0.1) is 35.4 Å². The van der Waals surface area contributed by atoms with Gasteiger partial charge in [-0.3, -0.25) is 4.79 Å². The zero-order valence-electron chi connectivity index (χ0n) is 18.3. The molecule has 4 nitrogen and oxygen atoms in total. The number of carbonyl (C=O) groups is 1. The van der Waals surface area contributed by atoms with Crippen LogP contribution in [-0.2, 0) is 0 Å². The van der Waals surface area contributed by atoms with Crippen LogP contribution in [0.5, 0.6) is 11.5 Å². The van der Waals surface area contributed by atoms with Gasteiger partial charge in [0.15, 0.2) is 17.5 Å². The summed E-state index contributed by atoms with van der Waals surface area (Å²) in [6.07, 6.45) is 11.2. The van der Waals surface area contributed by atoms with Gasteiger partial charge in [0.1, 0.15) is 0 Å². The van der Waals surface area contributed by atoms with E-state index in [1.54, 1.807) is 20.3 Å². The molecule has 0 saturated heterocycles. The normalized spacial score (nSPS) is 12.7. The molecule has 27 heavy (non-hydrogen) atoms. The maximum atomic E-state index is 13.2. The lowest BCUT2D eigenvalue weighted by atomic mass is 9.96. The molecule has 0 heterocycles. The first-order chi connectivity index (χ1) is 12.8. The highest BCUT2D eigenvalue weighted by Gasteiger charge is 2.32. The minimum Gasteiger partial charge on any atom is -0.493 e. The molecule has 154 valence electrons. The quantitative estimate of drug-likeness (QED) is 0.244. The second-order valence-electron chi connectivity index (χ2n) is 8.33. The largest absolute Gasteiger partial charge is 0.493 e. The number of carbonyl (C=O) groups excluding carboxylic acids is 1. The molecule has 0 aromatic heterocycles. The molecule has 0 unspecified atom stereocenters. The number of benzene rings is 1. The lowest BCUT2D eigenvalue weighted by Gasteiger charge is -2.33. The number of unbranched alkanes of at least 4 members (excludes halogenated alkanes) is 7. The molecule has 0 amide bonds. The van der Waals surface area contributed by atoms with Gasteiger partial charge in [-0.1, -0.05) is 51.9 Å². The van der Waals surface area contributed by atoms with E-state index in [2.05, 4.69) is 28.1 Å². The van der Waals surface area contributed by atoms with E-state index in [1.165, 1.54) is 44.9 Å². The molecule has 0 radical (unpaired) electrons. The van der Waals surface area contributed by atoms with Crippen molar-refractivity contribution in [1.82, 2.24) is 0 Å². The highest BCUT2D eigenvalue weighted by atomic mass is 16.5. The fraction of sp³-hybridized carbons (Fsp3) is 0.696. The topological polar surface area (TPSA) is 35.5 Å². The highest BCUT2D eigenvalue weighted by Crippen LogP contribution is 2.29. The summed E-state index contributed by atoms with van der Waals surface area (Å²) >= 11 is 0. The van der Waals surface area contributed by atoms with Crippen molar-refractivity contribution in [2.75, 3.05) is 35.4 Å². The smallest absolute Gasteiger partial charge is 0.220 e. The van der Waals surface area contributed by atoms with Crippen LogP contribution in [0.3, 0.4) is 0 Å². The molecule has 0 aliphatic heterocycles. The Labute approximate surface area is 166 Å². The summed E-state index contributed by atoms with van der Waals surface area (Å²) in [5.41, 5.74) is 0.699. The summed E-state index contributed by atoms with van der Waals surface area (Å²) in [6, 6.07) is 5.43. The van der Waals surface area contributed by atoms with Crippen LogP contribution in [0.15, 0.2) is 18.2 Å². The number of methoxy groups -OCH3 is 2. The number of likely N-dealkylation sites (N-methyl/N-ethyl adjacent to an activating group) is 1. The molecular weight excluding hydrogens is 338 g/mol. The summed E-state index contributed by atoms with van der Waals surface area (Å²) < 4.78 is 11.3. The van der Waals surface area contributed by atoms with Gasteiger partial charge in [-0.15, -0.1) is 0 Å². The Bertz CT molecular complexity index is 563. The third-order valence-electron chi connectivity index (χ3n) is 5.24. The molecule has 0 N–H and O–H groups in total. The van der Waals surface area contributed by atoms with Crippen molar-refractivity contribution in [3.05, 3.63) is 23.8 Å². The van der Waals surface area contributed by atoms with Gasteiger partial charge in [0.25, 0.3) is 0 Å². The van der Waals surface area contributed by atoms with Crippen LogP contribution in [0, 0.1) is 0 Å². The zero-order chi connectivity index (χ0) is 20.3. The Balaban J connectivity index is 2.65. The van der Waals surface area contributed by atoms with Gasteiger partial charge in [-0.05, 0) is 24.6 Å². The van der Waals surface area contributed by atoms with Gasteiger partial charge >= 0.3 is 0 Å².